The van der Waals surface area contributed by atoms with Crippen LogP contribution in [0.25, 0.3) is 33.4 Å². The first-order valence-electron chi connectivity index (χ1n) is 11.9. The van der Waals surface area contributed by atoms with Crippen molar-refractivity contribution >= 4 is 0 Å². The van der Waals surface area contributed by atoms with Crippen LogP contribution in [-0.4, -0.2) is 6.11 Å². The van der Waals surface area contributed by atoms with Crippen molar-refractivity contribution in [2.75, 3.05) is 0 Å². The Kier molecular flexibility index (Phi) is 8.27. The molecular formula is C30H19F9O. The first-order chi connectivity index (χ1) is 18.9. The van der Waals surface area contributed by atoms with Crippen molar-refractivity contribution in [2.45, 2.75) is 25.9 Å². The van der Waals surface area contributed by atoms with Gasteiger partial charge in [-0.1, -0.05) is 49.7 Å². The van der Waals surface area contributed by atoms with Gasteiger partial charge in [0.2, 0.25) is 0 Å². The average Bonchev–Trinajstić information content (AvgIpc) is 2.85. The van der Waals surface area contributed by atoms with Gasteiger partial charge in [-0.3, -0.25) is 0 Å². The molecule has 0 radical (unpaired) electrons. The van der Waals surface area contributed by atoms with E-state index in [-0.39, 0.29) is 11.1 Å². The zero-order valence-corrected chi connectivity index (χ0v) is 20.7. The molecule has 0 aromatic heterocycles. The molecule has 208 valence electrons. The van der Waals surface area contributed by atoms with Crippen molar-refractivity contribution in [2.24, 2.45) is 0 Å². The highest BCUT2D eigenvalue weighted by Crippen LogP contribution is 2.37. The van der Waals surface area contributed by atoms with E-state index in [1.54, 1.807) is 6.07 Å². The number of ether oxygens (including phenoxy) is 1. The number of halogens is 9. The molecule has 0 N–H and O–H groups in total. The number of rotatable bonds is 8. The van der Waals surface area contributed by atoms with Crippen molar-refractivity contribution in [1.82, 2.24) is 0 Å². The van der Waals surface area contributed by atoms with Crippen molar-refractivity contribution in [3.63, 3.8) is 0 Å². The van der Waals surface area contributed by atoms with E-state index in [9.17, 15) is 35.1 Å². The SMILES string of the molecule is CCCc1ccc(-c2ccc(-c3cc(F)c(-c4cc(F)c(OC(F)(F)C=C(F)F)c(F)c4)c(F)c3)c(F)c2)cc1. The largest absolute Gasteiger partial charge is 0.425 e. The fourth-order valence-electron chi connectivity index (χ4n) is 4.18. The Labute approximate surface area is 223 Å². The molecule has 1 nitrogen and oxygen atoms in total. The lowest BCUT2D eigenvalue weighted by Crippen LogP contribution is -2.23. The van der Waals surface area contributed by atoms with E-state index in [0.717, 1.165) is 36.1 Å². The fourth-order valence-corrected chi connectivity index (χ4v) is 4.18. The van der Waals surface area contributed by atoms with Gasteiger partial charge in [0.05, 0.1) is 11.6 Å². The van der Waals surface area contributed by atoms with E-state index in [1.807, 2.05) is 31.2 Å². The van der Waals surface area contributed by atoms with E-state index in [0.29, 0.717) is 17.7 Å². The lowest BCUT2D eigenvalue weighted by Gasteiger charge is -2.16. The van der Waals surface area contributed by atoms with Crippen LogP contribution in [0.3, 0.4) is 0 Å². The molecule has 4 aromatic carbocycles. The molecule has 0 unspecified atom stereocenters. The monoisotopic (exact) mass is 566 g/mol. The zero-order valence-electron chi connectivity index (χ0n) is 20.7. The molecule has 0 amide bonds. The van der Waals surface area contributed by atoms with Crippen LogP contribution in [0.4, 0.5) is 39.5 Å². The Hall–Kier alpha value is -4.21. The molecule has 4 rings (SSSR count). The normalized spacial score (nSPS) is 11.4. The molecule has 10 heteroatoms. The van der Waals surface area contributed by atoms with Gasteiger partial charge in [-0.2, -0.15) is 17.6 Å². The predicted molar refractivity (Wildman–Crippen MR) is 132 cm³/mol. The van der Waals surface area contributed by atoms with Gasteiger partial charge in [0, 0.05) is 5.56 Å². The minimum Gasteiger partial charge on any atom is -0.423 e. The van der Waals surface area contributed by atoms with Crippen molar-refractivity contribution < 1.29 is 44.3 Å². The van der Waals surface area contributed by atoms with E-state index in [1.165, 1.54) is 12.1 Å². The molecule has 4 aromatic rings. The first-order valence-corrected chi connectivity index (χ1v) is 11.9. The summed E-state index contributed by atoms with van der Waals surface area (Å²) in [6.45, 7) is 2.05. The summed E-state index contributed by atoms with van der Waals surface area (Å²) in [6, 6.07) is 13.7. The Balaban J connectivity index is 1.65. The number of hydrogen-bond acceptors (Lipinski definition) is 1. The summed E-state index contributed by atoms with van der Waals surface area (Å²) in [5.41, 5.74) is 0.372. The van der Waals surface area contributed by atoms with Gasteiger partial charge in [-0.05, 0) is 64.6 Å². The quantitative estimate of drug-likeness (QED) is 0.193. The third-order valence-electron chi connectivity index (χ3n) is 5.95. The Morgan fingerprint density at radius 1 is 0.675 bits per heavy atom. The molecular weight excluding hydrogens is 547 g/mol. The van der Waals surface area contributed by atoms with E-state index in [2.05, 4.69) is 4.74 Å². The number of alkyl halides is 2. The molecule has 0 aliphatic heterocycles. The summed E-state index contributed by atoms with van der Waals surface area (Å²) in [7, 11) is 0. The Morgan fingerprint density at radius 3 is 1.73 bits per heavy atom. The second-order valence-corrected chi connectivity index (χ2v) is 8.82. The van der Waals surface area contributed by atoms with Crippen LogP contribution in [0.2, 0.25) is 0 Å². The topological polar surface area (TPSA) is 9.23 Å². The first kappa shape index (κ1) is 28.8. The lowest BCUT2D eigenvalue weighted by atomic mass is 9.96. The van der Waals surface area contributed by atoms with Gasteiger partial charge < -0.3 is 4.74 Å². The van der Waals surface area contributed by atoms with Crippen LogP contribution in [-0.2, 0) is 6.42 Å². The molecule has 0 heterocycles. The van der Waals surface area contributed by atoms with Gasteiger partial charge in [-0.15, -0.1) is 0 Å². The van der Waals surface area contributed by atoms with Crippen LogP contribution in [0, 0.1) is 29.1 Å². The third kappa shape index (κ3) is 6.32. The molecule has 0 bridgehead atoms. The number of aryl methyl sites for hydroxylation is 1. The minimum atomic E-state index is -4.77. The molecule has 0 saturated carbocycles. The molecule has 0 aliphatic rings. The maximum Gasteiger partial charge on any atom is 0.425 e. The Bertz CT molecular complexity index is 1530. The zero-order chi connectivity index (χ0) is 29.2. The summed E-state index contributed by atoms with van der Waals surface area (Å²) in [6.07, 6.45) is -6.73. The second-order valence-electron chi connectivity index (χ2n) is 8.82. The number of benzene rings is 4. The highest BCUT2D eigenvalue weighted by atomic mass is 19.3. The standard InChI is InChI=1S/C30H19F9O/c1-2-3-16-4-6-17(7-5-16)18-8-9-21(22(31)10-18)19-11-23(32)28(24(33)12-19)20-13-25(34)29(26(35)14-20)40-30(38,39)15-27(36)37/h4-15H,2-3H2,1H3. The van der Waals surface area contributed by atoms with E-state index in [4.69, 9.17) is 0 Å². The maximum absolute atomic E-state index is 15.0. The molecule has 0 aliphatic carbocycles. The van der Waals surface area contributed by atoms with Crippen LogP contribution < -0.4 is 4.74 Å². The van der Waals surface area contributed by atoms with Gasteiger partial charge in [0.1, 0.15) is 17.5 Å². The summed E-state index contributed by atoms with van der Waals surface area (Å²) in [5.74, 6) is -8.81. The van der Waals surface area contributed by atoms with Crippen LogP contribution >= 0.6 is 0 Å². The molecule has 0 spiro atoms. The van der Waals surface area contributed by atoms with Crippen molar-refractivity contribution in [3.8, 4) is 39.1 Å². The van der Waals surface area contributed by atoms with Crippen molar-refractivity contribution in [1.29, 1.82) is 0 Å². The van der Waals surface area contributed by atoms with Crippen molar-refractivity contribution in [3.05, 3.63) is 114 Å². The maximum atomic E-state index is 15.0. The van der Waals surface area contributed by atoms with Gasteiger partial charge in [0.15, 0.2) is 17.4 Å². The average molecular weight is 566 g/mol. The lowest BCUT2D eigenvalue weighted by molar-refractivity contribution is -0.137. The number of hydrogen-bond donors (Lipinski definition) is 0. The smallest absolute Gasteiger partial charge is 0.423 e. The summed E-state index contributed by atoms with van der Waals surface area (Å²) >= 11 is 0. The van der Waals surface area contributed by atoms with Crippen LogP contribution in [0.5, 0.6) is 5.75 Å². The van der Waals surface area contributed by atoms with Crippen LogP contribution in [0.1, 0.15) is 18.9 Å². The van der Waals surface area contributed by atoms with Gasteiger partial charge >= 0.3 is 6.11 Å². The minimum absolute atomic E-state index is 0.146. The predicted octanol–water partition coefficient (Wildman–Crippen LogP) is 10.1. The third-order valence-corrected chi connectivity index (χ3v) is 5.95. The Morgan fingerprint density at radius 2 is 1.20 bits per heavy atom. The van der Waals surface area contributed by atoms with E-state index < -0.39 is 64.2 Å². The fraction of sp³-hybridized carbons (Fsp3) is 0.133. The summed E-state index contributed by atoms with van der Waals surface area (Å²) < 4.78 is 128. The highest BCUT2D eigenvalue weighted by Gasteiger charge is 2.33. The van der Waals surface area contributed by atoms with E-state index >= 15 is 4.39 Å². The second kappa shape index (κ2) is 11.5. The molecule has 40 heavy (non-hydrogen) atoms. The van der Waals surface area contributed by atoms with Gasteiger partial charge in [0.25, 0.3) is 6.08 Å². The van der Waals surface area contributed by atoms with Gasteiger partial charge in [-0.25, -0.2) is 22.0 Å². The molecule has 0 atom stereocenters. The van der Waals surface area contributed by atoms with Crippen LogP contribution in [0.15, 0.2) is 78.9 Å². The highest BCUT2D eigenvalue weighted by molar-refractivity contribution is 5.75. The molecule has 0 fully saturated rings. The molecule has 0 saturated heterocycles. The summed E-state index contributed by atoms with van der Waals surface area (Å²) in [4.78, 5) is 0. The summed E-state index contributed by atoms with van der Waals surface area (Å²) in [5, 5.41) is 0.